The first-order chi connectivity index (χ1) is 10.5. The van der Waals surface area contributed by atoms with Gasteiger partial charge in [0, 0.05) is 31.5 Å². The molecule has 0 bridgehead atoms. The number of amides is 2. The SMILES string of the molecule is CCCN(CCC)C(=O)C1CCC(C(=O)NCC(C)C)CC1. The third kappa shape index (κ3) is 5.98. The van der Waals surface area contributed by atoms with Crippen LogP contribution in [-0.2, 0) is 9.59 Å². The van der Waals surface area contributed by atoms with Crippen LogP contribution in [0.25, 0.3) is 0 Å². The smallest absolute Gasteiger partial charge is 0.225 e. The maximum Gasteiger partial charge on any atom is 0.225 e. The molecule has 0 atom stereocenters. The van der Waals surface area contributed by atoms with Gasteiger partial charge in [0.2, 0.25) is 11.8 Å². The maximum absolute atomic E-state index is 12.6. The Morgan fingerprint density at radius 1 is 1.00 bits per heavy atom. The van der Waals surface area contributed by atoms with Crippen LogP contribution in [0.4, 0.5) is 0 Å². The molecule has 4 heteroatoms. The standard InChI is InChI=1S/C18H34N2O2/c1-5-11-20(12-6-2)18(22)16-9-7-15(8-10-16)17(21)19-13-14(3)4/h14-16H,5-13H2,1-4H3,(H,19,21). The van der Waals surface area contributed by atoms with E-state index in [9.17, 15) is 9.59 Å². The number of hydrogen-bond donors (Lipinski definition) is 1. The summed E-state index contributed by atoms with van der Waals surface area (Å²) in [6.07, 6.45) is 5.46. The van der Waals surface area contributed by atoms with Gasteiger partial charge in [0.25, 0.3) is 0 Å². The highest BCUT2D eigenvalue weighted by Gasteiger charge is 2.31. The predicted molar refractivity (Wildman–Crippen MR) is 90.5 cm³/mol. The summed E-state index contributed by atoms with van der Waals surface area (Å²) in [5.41, 5.74) is 0. The van der Waals surface area contributed by atoms with Crippen molar-refractivity contribution in [1.82, 2.24) is 10.2 Å². The number of rotatable bonds is 8. The minimum atomic E-state index is 0.105. The minimum absolute atomic E-state index is 0.105. The second-order valence-corrected chi connectivity index (χ2v) is 7.01. The van der Waals surface area contributed by atoms with Crippen molar-refractivity contribution in [2.75, 3.05) is 19.6 Å². The quantitative estimate of drug-likeness (QED) is 0.748. The van der Waals surface area contributed by atoms with Gasteiger partial charge in [-0.2, -0.15) is 0 Å². The van der Waals surface area contributed by atoms with E-state index in [2.05, 4.69) is 33.0 Å². The summed E-state index contributed by atoms with van der Waals surface area (Å²) in [4.78, 5) is 26.7. The van der Waals surface area contributed by atoms with E-state index in [-0.39, 0.29) is 17.7 Å². The summed E-state index contributed by atoms with van der Waals surface area (Å²) >= 11 is 0. The van der Waals surface area contributed by atoms with E-state index < -0.39 is 0 Å². The molecule has 22 heavy (non-hydrogen) atoms. The van der Waals surface area contributed by atoms with Crippen molar-refractivity contribution >= 4 is 11.8 Å². The molecular weight excluding hydrogens is 276 g/mol. The van der Waals surface area contributed by atoms with Gasteiger partial charge in [-0.1, -0.05) is 27.7 Å². The van der Waals surface area contributed by atoms with Gasteiger partial charge in [0.05, 0.1) is 0 Å². The molecule has 0 heterocycles. The maximum atomic E-state index is 12.6. The Kier molecular flexibility index (Phi) is 8.51. The fraction of sp³-hybridized carbons (Fsp3) is 0.889. The first-order valence-corrected chi connectivity index (χ1v) is 9.06. The van der Waals surface area contributed by atoms with Crippen molar-refractivity contribution in [3.8, 4) is 0 Å². The molecule has 0 unspecified atom stereocenters. The number of nitrogens with zero attached hydrogens (tertiary/aromatic N) is 1. The molecular formula is C18H34N2O2. The summed E-state index contributed by atoms with van der Waals surface area (Å²) in [6, 6.07) is 0. The molecule has 1 aliphatic rings. The van der Waals surface area contributed by atoms with Crippen molar-refractivity contribution in [1.29, 1.82) is 0 Å². The molecule has 0 aromatic rings. The van der Waals surface area contributed by atoms with Crippen molar-refractivity contribution in [3.05, 3.63) is 0 Å². The van der Waals surface area contributed by atoms with Gasteiger partial charge < -0.3 is 10.2 Å². The molecule has 0 aromatic carbocycles. The molecule has 4 nitrogen and oxygen atoms in total. The average Bonchev–Trinajstić information content (AvgIpc) is 2.52. The predicted octanol–water partition coefficient (Wildman–Crippen LogP) is 3.21. The van der Waals surface area contributed by atoms with Gasteiger partial charge >= 0.3 is 0 Å². The molecule has 1 N–H and O–H groups in total. The molecule has 1 aliphatic carbocycles. The van der Waals surface area contributed by atoms with Gasteiger partial charge in [0.15, 0.2) is 0 Å². The second-order valence-electron chi connectivity index (χ2n) is 7.01. The van der Waals surface area contributed by atoms with Crippen LogP contribution < -0.4 is 5.32 Å². The monoisotopic (exact) mass is 310 g/mol. The van der Waals surface area contributed by atoms with Crippen molar-refractivity contribution in [3.63, 3.8) is 0 Å². The molecule has 0 aliphatic heterocycles. The molecule has 1 saturated carbocycles. The van der Waals surface area contributed by atoms with E-state index in [1.54, 1.807) is 0 Å². The lowest BCUT2D eigenvalue weighted by molar-refractivity contribution is -0.138. The van der Waals surface area contributed by atoms with Crippen LogP contribution >= 0.6 is 0 Å². The molecule has 2 amide bonds. The van der Waals surface area contributed by atoms with Gasteiger partial charge in [-0.25, -0.2) is 0 Å². The van der Waals surface area contributed by atoms with E-state index in [1.807, 2.05) is 4.90 Å². The minimum Gasteiger partial charge on any atom is -0.356 e. The zero-order valence-corrected chi connectivity index (χ0v) is 14.9. The van der Waals surface area contributed by atoms with Crippen LogP contribution in [0.1, 0.15) is 66.2 Å². The summed E-state index contributed by atoms with van der Waals surface area (Å²) in [5.74, 6) is 1.21. The van der Waals surface area contributed by atoms with E-state index in [4.69, 9.17) is 0 Å². The van der Waals surface area contributed by atoms with E-state index >= 15 is 0 Å². The Hall–Kier alpha value is -1.06. The highest BCUT2D eigenvalue weighted by Crippen LogP contribution is 2.30. The van der Waals surface area contributed by atoms with E-state index in [1.165, 1.54) is 0 Å². The van der Waals surface area contributed by atoms with Crippen molar-refractivity contribution < 1.29 is 9.59 Å². The van der Waals surface area contributed by atoms with E-state index in [0.29, 0.717) is 11.8 Å². The summed E-state index contributed by atoms with van der Waals surface area (Å²) < 4.78 is 0. The van der Waals surface area contributed by atoms with Crippen LogP contribution in [0.2, 0.25) is 0 Å². The van der Waals surface area contributed by atoms with Crippen LogP contribution in [-0.4, -0.2) is 36.3 Å². The zero-order chi connectivity index (χ0) is 16.5. The molecule has 1 fully saturated rings. The Bertz CT molecular complexity index is 341. The summed E-state index contributed by atoms with van der Waals surface area (Å²) in [6.45, 7) is 10.9. The molecule has 1 rings (SSSR count). The fourth-order valence-electron chi connectivity index (χ4n) is 3.18. The summed E-state index contributed by atoms with van der Waals surface area (Å²) in [5, 5.41) is 3.02. The van der Waals surface area contributed by atoms with Crippen LogP contribution in [0.5, 0.6) is 0 Å². The highest BCUT2D eigenvalue weighted by atomic mass is 16.2. The number of hydrogen-bond acceptors (Lipinski definition) is 2. The van der Waals surface area contributed by atoms with Crippen LogP contribution in [0, 0.1) is 17.8 Å². The van der Waals surface area contributed by atoms with Gasteiger partial charge in [-0.05, 0) is 44.4 Å². The van der Waals surface area contributed by atoms with Crippen molar-refractivity contribution in [2.24, 2.45) is 17.8 Å². The van der Waals surface area contributed by atoms with Gasteiger partial charge in [-0.3, -0.25) is 9.59 Å². The Morgan fingerprint density at radius 3 is 1.95 bits per heavy atom. The third-order valence-electron chi connectivity index (χ3n) is 4.43. The Labute approximate surface area is 136 Å². The highest BCUT2D eigenvalue weighted by molar-refractivity contribution is 5.81. The third-order valence-corrected chi connectivity index (χ3v) is 4.43. The lowest BCUT2D eigenvalue weighted by atomic mass is 9.80. The Morgan fingerprint density at radius 2 is 1.50 bits per heavy atom. The van der Waals surface area contributed by atoms with Crippen LogP contribution in [0.15, 0.2) is 0 Å². The van der Waals surface area contributed by atoms with Crippen molar-refractivity contribution in [2.45, 2.75) is 66.2 Å². The zero-order valence-electron chi connectivity index (χ0n) is 14.9. The molecule has 0 spiro atoms. The summed E-state index contributed by atoms with van der Waals surface area (Å²) in [7, 11) is 0. The fourth-order valence-corrected chi connectivity index (χ4v) is 3.18. The lowest BCUT2D eigenvalue weighted by Crippen LogP contribution is -2.41. The average molecular weight is 310 g/mol. The first kappa shape index (κ1) is 19.0. The molecule has 128 valence electrons. The first-order valence-electron chi connectivity index (χ1n) is 9.06. The molecule has 0 radical (unpaired) electrons. The lowest BCUT2D eigenvalue weighted by Gasteiger charge is -2.31. The number of nitrogens with one attached hydrogen (secondary N) is 1. The largest absolute Gasteiger partial charge is 0.356 e. The van der Waals surface area contributed by atoms with Gasteiger partial charge in [0.1, 0.15) is 0 Å². The molecule has 0 saturated heterocycles. The van der Waals surface area contributed by atoms with E-state index in [0.717, 1.165) is 58.2 Å². The second kappa shape index (κ2) is 9.86. The van der Waals surface area contributed by atoms with Gasteiger partial charge in [-0.15, -0.1) is 0 Å². The van der Waals surface area contributed by atoms with Crippen LogP contribution in [0.3, 0.4) is 0 Å². The Balaban J connectivity index is 2.43. The number of carbonyl (C=O) groups is 2. The topological polar surface area (TPSA) is 49.4 Å². The normalized spacial score (nSPS) is 21.7. The molecule has 0 aromatic heterocycles. The number of carbonyl (C=O) groups excluding carboxylic acids is 2.